The van der Waals surface area contributed by atoms with Crippen LogP contribution in [0.4, 0.5) is 0 Å². The van der Waals surface area contributed by atoms with Crippen LogP contribution in [-0.2, 0) is 0 Å². The Morgan fingerprint density at radius 2 is 1.10 bits per heavy atom. The van der Waals surface area contributed by atoms with Crippen molar-refractivity contribution in [1.29, 1.82) is 0 Å². The second kappa shape index (κ2) is 13.1. The Morgan fingerprint density at radius 3 is 1.66 bits per heavy atom. The fourth-order valence-corrected chi connectivity index (χ4v) is 3.11. The molecule has 0 atom stereocenters. The first-order chi connectivity index (χ1) is 14.4. The highest BCUT2D eigenvalue weighted by atomic mass is 16.1. The maximum absolute atomic E-state index is 11.8. The zero-order chi connectivity index (χ0) is 21.6. The molecule has 0 spiro atoms. The Labute approximate surface area is 175 Å². The molecule has 0 N–H and O–H groups in total. The first-order valence-corrected chi connectivity index (χ1v) is 10.6. The molecule has 0 saturated carbocycles. The van der Waals surface area contributed by atoms with Crippen LogP contribution in [0.25, 0.3) is 27.8 Å². The van der Waals surface area contributed by atoms with Crippen molar-refractivity contribution in [2.24, 2.45) is 0 Å². The Hall–Kier alpha value is -3.13. The molecule has 2 heteroatoms. The molecular formula is C27H33NO. The van der Waals surface area contributed by atoms with E-state index in [9.17, 15) is 4.79 Å². The van der Waals surface area contributed by atoms with Crippen molar-refractivity contribution in [1.82, 2.24) is 4.57 Å². The zero-order valence-corrected chi connectivity index (χ0v) is 18.5. The third kappa shape index (κ3) is 5.23. The van der Waals surface area contributed by atoms with E-state index in [2.05, 4.69) is 22.8 Å². The van der Waals surface area contributed by atoms with Gasteiger partial charge in [0, 0.05) is 16.6 Å². The highest BCUT2D eigenvalue weighted by Gasteiger charge is 2.18. The summed E-state index contributed by atoms with van der Waals surface area (Å²) < 4.78 is 2.16. The molecule has 0 saturated heterocycles. The summed E-state index contributed by atoms with van der Waals surface area (Å²) in [6.45, 7) is 12.0. The molecule has 0 aliphatic heterocycles. The zero-order valence-electron chi connectivity index (χ0n) is 18.5. The summed E-state index contributed by atoms with van der Waals surface area (Å²) in [6.07, 6.45) is 0.962. The number of carbonyl (C=O) groups is 1. The molecule has 2 nitrogen and oxygen atoms in total. The van der Waals surface area contributed by atoms with E-state index in [0.29, 0.717) is 0 Å². The van der Waals surface area contributed by atoms with Crippen molar-refractivity contribution in [3.05, 3.63) is 90.5 Å². The number of benzene rings is 3. The van der Waals surface area contributed by atoms with E-state index in [4.69, 9.17) is 0 Å². The maximum Gasteiger partial charge on any atom is 0.152 e. The van der Waals surface area contributed by atoms with Gasteiger partial charge in [-0.2, -0.15) is 0 Å². The number of rotatable bonds is 3. The predicted molar refractivity (Wildman–Crippen MR) is 128 cm³/mol. The number of nitrogens with zero attached hydrogens (tertiary/aromatic N) is 1. The normalized spacial score (nSPS) is 9.17. The SMILES string of the molecule is CC.CC.CC.O=Cc1c(-c2ccccc2)n(-c2ccccc2)c2ccccc12. The lowest BCUT2D eigenvalue weighted by Crippen LogP contribution is -1.97. The lowest BCUT2D eigenvalue weighted by molar-refractivity contribution is 0.112. The van der Waals surface area contributed by atoms with Crippen LogP contribution in [-0.4, -0.2) is 10.9 Å². The van der Waals surface area contributed by atoms with Crippen molar-refractivity contribution < 1.29 is 4.79 Å². The van der Waals surface area contributed by atoms with Crippen molar-refractivity contribution in [2.75, 3.05) is 0 Å². The molecule has 0 amide bonds. The van der Waals surface area contributed by atoms with Crippen LogP contribution < -0.4 is 0 Å². The largest absolute Gasteiger partial charge is 0.309 e. The van der Waals surface area contributed by atoms with E-state index < -0.39 is 0 Å². The molecule has 29 heavy (non-hydrogen) atoms. The van der Waals surface area contributed by atoms with Crippen molar-refractivity contribution in [2.45, 2.75) is 41.5 Å². The lowest BCUT2D eigenvalue weighted by atomic mass is 10.1. The van der Waals surface area contributed by atoms with E-state index >= 15 is 0 Å². The number of para-hydroxylation sites is 2. The van der Waals surface area contributed by atoms with Crippen molar-refractivity contribution in [3.8, 4) is 16.9 Å². The van der Waals surface area contributed by atoms with Gasteiger partial charge in [0.15, 0.2) is 6.29 Å². The van der Waals surface area contributed by atoms with Gasteiger partial charge < -0.3 is 4.57 Å². The quantitative estimate of drug-likeness (QED) is 0.325. The minimum Gasteiger partial charge on any atom is -0.309 e. The third-order valence-corrected chi connectivity index (χ3v) is 4.09. The molecule has 4 rings (SSSR count). The lowest BCUT2D eigenvalue weighted by Gasteiger charge is -2.11. The molecule has 152 valence electrons. The summed E-state index contributed by atoms with van der Waals surface area (Å²) in [5, 5.41) is 0.977. The van der Waals surface area contributed by atoms with Gasteiger partial charge in [-0.25, -0.2) is 0 Å². The van der Waals surface area contributed by atoms with Gasteiger partial charge in [0.25, 0.3) is 0 Å². The fourth-order valence-electron chi connectivity index (χ4n) is 3.11. The highest BCUT2D eigenvalue weighted by molar-refractivity contribution is 6.06. The van der Waals surface area contributed by atoms with Crippen LogP contribution in [0, 0.1) is 0 Å². The van der Waals surface area contributed by atoms with E-state index in [1.54, 1.807) is 0 Å². The van der Waals surface area contributed by atoms with Crippen LogP contribution in [0.2, 0.25) is 0 Å². The number of hydrogen-bond donors (Lipinski definition) is 0. The smallest absolute Gasteiger partial charge is 0.152 e. The number of carbonyl (C=O) groups excluding carboxylic acids is 1. The van der Waals surface area contributed by atoms with E-state index in [1.807, 2.05) is 108 Å². The minimum atomic E-state index is 0.732. The summed E-state index contributed by atoms with van der Waals surface area (Å²) in [5.41, 5.74) is 4.80. The second-order valence-corrected chi connectivity index (χ2v) is 5.43. The molecule has 1 heterocycles. The molecule has 1 aromatic heterocycles. The minimum absolute atomic E-state index is 0.732. The summed E-state index contributed by atoms with van der Waals surface area (Å²) in [5.74, 6) is 0. The summed E-state index contributed by atoms with van der Waals surface area (Å²) in [6, 6.07) is 28.3. The average molecular weight is 388 g/mol. The Morgan fingerprint density at radius 1 is 0.621 bits per heavy atom. The highest BCUT2D eigenvalue weighted by Crippen LogP contribution is 2.35. The van der Waals surface area contributed by atoms with Crippen molar-refractivity contribution >= 4 is 17.2 Å². The number of aldehydes is 1. The third-order valence-electron chi connectivity index (χ3n) is 4.09. The fraction of sp³-hybridized carbons (Fsp3) is 0.222. The van der Waals surface area contributed by atoms with E-state index in [-0.39, 0.29) is 0 Å². The Kier molecular flexibility index (Phi) is 10.8. The molecule has 0 bridgehead atoms. The molecule has 4 aromatic rings. The molecule has 0 radical (unpaired) electrons. The van der Waals surface area contributed by atoms with Crippen molar-refractivity contribution in [3.63, 3.8) is 0 Å². The topological polar surface area (TPSA) is 22.0 Å². The van der Waals surface area contributed by atoms with Gasteiger partial charge in [0.05, 0.1) is 11.2 Å². The van der Waals surface area contributed by atoms with Gasteiger partial charge in [-0.1, -0.05) is 108 Å². The average Bonchev–Trinajstić information content (AvgIpc) is 3.18. The Balaban J connectivity index is 0.000000644. The second-order valence-electron chi connectivity index (χ2n) is 5.43. The van der Waals surface area contributed by atoms with Crippen LogP contribution in [0.1, 0.15) is 51.9 Å². The Bertz CT molecular complexity index is 970. The number of aromatic nitrogens is 1. The summed E-state index contributed by atoms with van der Waals surface area (Å²) >= 11 is 0. The first kappa shape index (κ1) is 23.9. The molecule has 0 fully saturated rings. The molecule has 0 aliphatic carbocycles. The molecule has 0 aliphatic rings. The van der Waals surface area contributed by atoms with Gasteiger partial charge in [-0.15, -0.1) is 0 Å². The molecule has 3 aromatic carbocycles. The maximum atomic E-state index is 11.8. The van der Waals surface area contributed by atoms with Gasteiger partial charge in [-0.3, -0.25) is 4.79 Å². The van der Waals surface area contributed by atoms with Gasteiger partial charge >= 0.3 is 0 Å². The molecular weight excluding hydrogens is 354 g/mol. The van der Waals surface area contributed by atoms with Crippen LogP contribution in [0.3, 0.4) is 0 Å². The van der Waals surface area contributed by atoms with E-state index in [0.717, 1.165) is 39.7 Å². The van der Waals surface area contributed by atoms with Crippen LogP contribution in [0.15, 0.2) is 84.9 Å². The summed E-state index contributed by atoms with van der Waals surface area (Å²) in [4.78, 5) is 11.8. The number of fused-ring (bicyclic) bond motifs is 1. The monoisotopic (exact) mass is 387 g/mol. The number of hydrogen-bond acceptors (Lipinski definition) is 1. The molecule has 0 unspecified atom stereocenters. The van der Waals surface area contributed by atoms with Gasteiger partial charge in [0.2, 0.25) is 0 Å². The predicted octanol–water partition coefficient (Wildman–Crippen LogP) is 8.19. The van der Waals surface area contributed by atoms with Gasteiger partial charge in [-0.05, 0) is 23.8 Å². The summed E-state index contributed by atoms with van der Waals surface area (Å²) in [7, 11) is 0. The van der Waals surface area contributed by atoms with E-state index in [1.165, 1.54) is 0 Å². The van der Waals surface area contributed by atoms with Crippen LogP contribution >= 0.6 is 0 Å². The van der Waals surface area contributed by atoms with Gasteiger partial charge in [0.1, 0.15) is 0 Å². The standard InChI is InChI=1S/C21H15NO.3C2H6/c23-15-19-18-13-7-8-14-20(18)22(17-11-5-2-6-12-17)21(19)16-9-3-1-4-10-16;3*1-2/h1-15H;3*1-2H3. The van der Waals surface area contributed by atoms with Crippen LogP contribution in [0.5, 0.6) is 0 Å². The first-order valence-electron chi connectivity index (χ1n) is 10.6.